The van der Waals surface area contributed by atoms with Crippen molar-refractivity contribution >= 4 is 26.0 Å². The second-order valence-electron chi connectivity index (χ2n) is 3.58. The Morgan fingerprint density at radius 2 is 1.65 bits per heavy atom. The number of alkyl halides is 6. The molecular weight excluding hydrogens is 380 g/mol. The van der Waals surface area contributed by atoms with E-state index in [1.54, 1.807) is 0 Å². The van der Waals surface area contributed by atoms with Crippen molar-refractivity contribution in [3.05, 3.63) is 28.2 Å². The number of halogens is 7. The van der Waals surface area contributed by atoms with Crippen molar-refractivity contribution in [1.82, 2.24) is 4.72 Å². The van der Waals surface area contributed by atoms with Crippen LogP contribution >= 0.6 is 15.9 Å². The molecule has 11 heteroatoms. The lowest BCUT2D eigenvalue weighted by Crippen LogP contribution is -2.34. The number of hydrogen-bond donors (Lipinski definition) is 1. The van der Waals surface area contributed by atoms with E-state index in [-0.39, 0.29) is 4.47 Å². The molecule has 114 valence electrons. The summed E-state index contributed by atoms with van der Waals surface area (Å²) in [6, 6.07) is 2.03. The van der Waals surface area contributed by atoms with Crippen molar-refractivity contribution in [3.8, 4) is 0 Å². The van der Waals surface area contributed by atoms with Crippen LogP contribution in [0.2, 0.25) is 0 Å². The molecule has 0 heterocycles. The average Bonchev–Trinajstić information content (AvgIpc) is 2.24. The van der Waals surface area contributed by atoms with Crippen LogP contribution in [0.3, 0.4) is 0 Å². The van der Waals surface area contributed by atoms with Gasteiger partial charge >= 0.3 is 12.4 Å². The molecule has 0 aliphatic heterocycles. The average molecular weight is 386 g/mol. The fourth-order valence-electron chi connectivity index (χ4n) is 1.21. The maximum Gasteiger partial charge on any atom is 0.417 e. The van der Waals surface area contributed by atoms with Crippen LogP contribution in [0.5, 0.6) is 0 Å². The van der Waals surface area contributed by atoms with Crippen LogP contribution in [0.25, 0.3) is 0 Å². The van der Waals surface area contributed by atoms with E-state index in [4.69, 9.17) is 0 Å². The number of benzene rings is 1. The lowest BCUT2D eigenvalue weighted by molar-refractivity contribution is -0.139. The van der Waals surface area contributed by atoms with Gasteiger partial charge in [-0.1, -0.05) is 15.9 Å². The molecule has 3 nitrogen and oxygen atoms in total. The number of sulfonamides is 1. The highest BCUT2D eigenvalue weighted by Crippen LogP contribution is 2.35. The molecule has 0 unspecified atom stereocenters. The third-order valence-corrected chi connectivity index (χ3v) is 3.95. The van der Waals surface area contributed by atoms with Gasteiger partial charge in [0.05, 0.1) is 10.5 Å². The lowest BCUT2D eigenvalue weighted by Gasteiger charge is -2.15. The first-order valence-electron chi connectivity index (χ1n) is 4.76. The molecule has 20 heavy (non-hydrogen) atoms. The normalized spacial score (nSPS) is 13.6. The summed E-state index contributed by atoms with van der Waals surface area (Å²) in [5.41, 5.74) is -1.55. The summed E-state index contributed by atoms with van der Waals surface area (Å²) in [4.78, 5) is -1.27. The zero-order valence-corrected chi connectivity index (χ0v) is 11.7. The van der Waals surface area contributed by atoms with E-state index in [1.165, 1.54) is 0 Å². The molecule has 0 saturated carbocycles. The maximum atomic E-state index is 12.7. The molecule has 0 aliphatic rings. The van der Waals surface area contributed by atoms with Gasteiger partial charge in [0.1, 0.15) is 6.54 Å². The van der Waals surface area contributed by atoms with Crippen LogP contribution in [-0.2, 0) is 16.2 Å². The second-order valence-corrected chi connectivity index (χ2v) is 6.23. The summed E-state index contributed by atoms with van der Waals surface area (Å²) >= 11 is 2.73. The molecule has 0 aromatic heterocycles. The minimum atomic E-state index is -5.02. The van der Waals surface area contributed by atoms with Crippen molar-refractivity contribution in [2.45, 2.75) is 17.2 Å². The Hall–Kier alpha value is -0.810. The molecule has 0 amide bonds. The quantitative estimate of drug-likeness (QED) is 0.811. The van der Waals surface area contributed by atoms with Crippen molar-refractivity contribution in [3.63, 3.8) is 0 Å². The molecular formula is C9H6BrF6NO2S. The van der Waals surface area contributed by atoms with Gasteiger partial charge in [-0.3, -0.25) is 0 Å². The molecule has 0 radical (unpaired) electrons. The molecule has 0 atom stereocenters. The highest BCUT2D eigenvalue weighted by molar-refractivity contribution is 9.10. The predicted octanol–water partition coefficient (Wildman–Crippen LogP) is 3.31. The SMILES string of the molecule is O=S(=O)(NCC(F)(F)F)c1ccc(Br)cc1C(F)(F)F. The fourth-order valence-corrected chi connectivity index (χ4v) is 2.79. The Bertz CT molecular complexity index is 595. The Morgan fingerprint density at radius 1 is 1.10 bits per heavy atom. The van der Waals surface area contributed by atoms with Crippen LogP contribution in [0.4, 0.5) is 26.3 Å². The molecule has 0 spiro atoms. The zero-order chi connectivity index (χ0) is 15.8. The van der Waals surface area contributed by atoms with Gasteiger partial charge < -0.3 is 0 Å². The maximum absolute atomic E-state index is 12.7. The first-order chi connectivity index (χ1) is 8.83. The first-order valence-corrected chi connectivity index (χ1v) is 7.04. The second kappa shape index (κ2) is 5.53. The topological polar surface area (TPSA) is 46.2 Å². The van der Waals surface area contributed by atoms with E-state index < -0.39 is 39.4 Å². The molecule has 1 rings (SSSR count). The van der Waals surface area contributed by atoms with Gasteiger partial charge in [-0.2, -0.15) is 26.3 Å². The van der Waals surface area contributed by atoms with Gasteiger partial charge in [-0.05, 0) is 18.2 Å². The number of hydrogen-bond acceptors (Lipinski definition) is 2. The van der Waals surface area contributed by atoms with Crippen molar-refractivity contribution in [1.29, 1.82) is 0 Å². The Kier molecular flexibility index (Phi) is 4.76. The van der Waals surface area contributed by atoms with Gasteiger partial charge in [-0.15, -0.1) is 0 Å². The summed E-state index contributed by atoms with van der Waals surface area (Å²) in [5.74, 6) is 0. The highest BCUT2D eigenvalue weighted by Gasteiger charge is 2.38. The van der Waals surface area contributed by atoms with Crippen LogP contribution in [0, 0.1) is 0 Å². The summed E-state index contributed by atoms with van der Waals surface area (Å²) in [7, 11) is -4.93. The van der Waals surface area contributed by atoms with E-state index in [0.717, 1.165) is 10.8 Å². The smallest absolute Gasteiger partial charge is 0.207 e. The fraction of sp³-hybridized carbons (Fsp3) is 0.333. The molecule has 1 aromatic rings. The minimum absolute atomic E-state index is 0.0559. The Labute approximate surface area is 118 Å². The molecule has 0 fully saturated rings. The van der Waals surface area contributed by atoms with E-state index in [2.05, 4.69) is 15.9 Å². The van der Waals surface area contributed by atoms with E-state index in [0.29, 0.717) is 12.1 Å². The summed E-state index contributed by atoms with van der Waals surface area (Å²) in [6.45, 7) is -1.96. The summed E-state index contributed by atoms with van der Waals surface area (Å²) < 4.78 is 98.0. The molecule has 0 saturated heterocycles. The van der Waals surface area contributed by atoms with Gasteiger partial charge in [-0.25, -0.2) is 13.1 Å². The Morgan fingerprint density at radius 3 is 2.10 bits per heavy atom. The molecule has 1 aromatic carbocycles. The van der Waals surface area contributed by atoms with Crippen LogP contribution < -0.4 is 4.72 Å². The van der Waals surface area contributed by atoms with Crippen LogP contribution in [0.1, 0.15) is 5.56 Å². The van der Waals surface area contributed by atoms with E-state index in [9.17, 15) is 34.8 Å². The first kappa shape index (κ1) is 17.2. The third-order valence-electron chi connectivity index (χ3n) is 2.00. The molecule has 0 bridgehead atoms. The monoisotopic (exact) mass is 385 g/mol. The zero-order valence-electron chi connectivity index (χ0n) is 9.31. The molecule has 1 N–H and O–H groups in total. The number of rotatable bonds is 3. The molecule has 0 aliphatic carbocycles. The van der Waals surface area contributed by atoms with Gasteiger partial charge in [0.15, 0.2) is 0 Å². The largest absolute Gasteiger partial charge is 0.417 e. The van der Waals surface area contributed by atoms with Crippen molar-refractivity contribution < 1.29 is 34.8 Å². The van der Waals surface area contributed by atoms with Gasteiger partial charge in [0, 0.05) is 4.47 Å². The van der Waals surface area contributed by atoms with Crippen LogP contribution in [0.15, 0.2) is 27.6 Å². The van der Waals surface area contributed by atoms with E-state index in [1.807, 2.05) is 0 Å². The third kappa shape index (κ3) is 4.63. The van der Waals surface area contributed by atoms with E-state index >= 15 is 0 Å². The van der Waals surface area contributed by atoms with Gasteiger partial charge in [0.2, 0.25) is 10.0 Å². The Balaban J connectivity index is 3.25. The van der Waals surface area contributed by atoms with Crippen molar-refractivity contribution in [2.24, 2.45) is 0 Å². The highest BCUT2D eigenvalue weighted by atomic mass is 79.9. The standard InChI is InChI=1S/C9H6BrF6NO2S/c10-5-1-2-7(6(3-5)9(14,15)16)20(18,19)17-4-8(11,12)13/h1-3,17H,4H2. The summed E-state index contributed by atoms with van der Waals surface area (Å²) in [6.07, 6.45) is -9.90. The number of nitrogens with one attached hydrogen (secondary N) is 1. The van der Waals surface area contributed by atoms with Crippen molar-refractivity contribution in [2.75, 3.05) is 6.54 Å². The summed E-state index contributed by atoms with van der Waals surface area (Å²) in [5, 5.41) is 0. The van der Waals surface area contributed by atoms with Crippen LogP contribution in [-0.4, -0.2) is 21.1 Å². The predicted molar refractivity (Wildman–Crippen MR) is 60.4 cm³/mol. The minimum Gasteiger partial charge on any atom is -0.207 e. The van der Waals surface area contributed by atoms with Gasteiger partial charge in [0.25, 0.3) is 0 Å². The lowest BCUT2D eigenvalue weighted by atomic mass is 10.2.